The van der Waals surface area contributed by atoms with Crippen LogP contribution in [0.5, 0.6) is 0 Å². The zero-order valence-electron chi connectivity index (χ0n) is 4.74. The summed E-state index contributed by atoms with van der Waals surface area (Å²) in [6.45, 7) is 4.43. The first-order chi connectivity index (χ1) is 3.27. The minimum atomic E-state index is 0.807. The Morgan fingerprint density at radius 2 is 2.14 bits per heavy atom. The van der Waals surface area contributed by atoms with Gasteiger partial charge in [-0.25, -0.2) is 0 Å². The average molecular weight is 280 g/mol. The van der Waals surface area contributed by atoms with Crippen molar-refractivity contribution in [1.82, 2.24) is 0 Å². The predicted octanol–water partition coefficient (Wildman–Crippen LogP) is 2.09. The van der Waals surface area contributed by atoms with Gasteiger partial charge in [0.2, 0.25) is 0 Å². The maximum atomic E-state index is 2.40. The molecule has 46 valence electrons. The predicted molar refractivity (Wildman–Crippen MR) is 28.6 cm³/mol. The Hall–Kier alpha value is 0.480. The third kappa shape index (κ3) is 6.48. The second-order valence-corrected chi connectivity index (χ2v) is 2.69. The van der Waals surface area contributed by atoms with Crippen molar-refractivity contribution >= 4 is 0 Å². The molecule has 0 heterocycles. The molecule has 0 saturated carbocycles. The summed E-state index contributed by atoms with van der Waals surface area (Å²) in [6, 6.07) is 0. The van der Waals surface area contributed by atoms with Crippen molar-refractivity contribution in [3.8, 4) is 0 Å². The molecule has 0 radical (unpaired) electrons. The molecule has 0 aliphatic heterocycles. The fourth-order valence-electron chi connectivity index (χ4n) is 0.313. The summed E-state index contributed by atoms with van der Waals surface area (Å²) in [5, 5.41) is 0. The van der Waals surface area contributed by atoms with E-state index in [1.54, 1.807) is 0 Å². The van der Waals surface area contributed by atoms with Crippen LogP contribution in [0.1, 0.15) is 20.3 Å². The molecule has 0 aromatic carbocycles. The Kier molecular flexibility index (Phi) is 4.95. The summed E-state index contributed by atoms with van der Waals surface area (Å²) in [5.74, 6) is 0.807. The fraction of sp³-hybridized carbons (Fsp3) is 0.667. The summed E-state index contributed by atoms with van der Waals surface area (Å²) in [5.41, 5.74) is 0. The van der Waals surface area contributed by atoms with E-state index in [1.165, 1.54) is 6.42 Å². The zero-order chi connectivity index (χ0) is 5.70. The first kappa shape index (κ1) is 7.48. The molecule has 0 fully saturated rings. The second-order valence-electron chi connectivity index (χ2n) is 1.97. The molecule has 0 aromatic rings. The molecule has 0 spiro atoms. The van der Waals surface area contributed by atoms with Crippen LogP contribution in [0.15, 0.2) is 10.4 Å². The summed E-state index contributed by atoms with van der Waals surface area (Å²) < 4.78 is 2.04. The SMILES string of the molecule is CC(C)CC=[CH][Au]. The Labute approximate surface area is 57.9 Å². The summed E-state index contributed by atoms with van der Waals surface area (Å²) in [7, 11) is 0. The molecular weight excluding hydrogens is 269 g/mol. The van der Waals surface area contributed by atoms with Crippen LogP contribution in [0.4, 0.5) is 0 Å². The van der Waals surface area contributed by atoms with E-state index in [0.717, 1.165) is 5.92 Å². The Balaban J connectivity index is 2.97. The molecule has 0 aromatic heterocycles. The van der Waals surface area contributed by atoms with Gasteiger partial charge in [-0.15, -0.1) is 0 Å². The number of rotatable bonds is 2. The van der Waals surface area contributed by atoms with Gasteiger partial charge in [-0.3, -0.25) is 0 Å². The van der Waals surface area contributed by atoms with E-state index in [0.29, 0.717) is 0 Å². The number of allylic oxidation sites excluding steroid dienone is 1. The maximum absolute atomic E-state index is 2.40. The van der Waals surface area contributed by atoms with Gasteiger partial charge in [0, 0.05) is 0 Å². The Bertz CT molecular complexity index is 55.2. The monoisotopic (exact) mass is 280 g/mol. The van der Waals surface area contributed by atoms with E-state index in [4.69, 9.17) is 0 Å². The molecule has 0 bridgehead atoms. The third-order valence-corrected chi connectivity index (χ3v) is 1.19. The van der Waals surface area contributed by atoms with E-state index >= 15 is 0 Å². The van der Waals surface area contributed by atoms with Crippen LogP contribution >= 0.6 is 0 Å². The summed E-state index contributed by atoms with van der Waals surface area (Å²) in [6.07, 6.45) is 3.38. The van der Waals surface area contributed by atoms with Gasteiger partial charge in [-0.2, -0.15) is 0 Å². The Morgan fingerprint density at radius 1 is 1.57 bits per heavy atom. The van der Waals surface area contributed by atoms with Gasteiger partial charge >= 0.3 is 57.6 Å². The summed E-state index contributed by atoms with van der Waals surface area (Å²) in [4.78, 5) is 0. The molecule has 0 amide bonds. The molecule has 1 heteroatoms. The van der Waals surface area contributed by atoms with Gasteiger partial charge in [-0.05, 0) is 0 Å². The van der Waals surface area contributed by atoms with Crippen molar-refractivity contribution in [3.05, 3.63) is 10.4 Å². The average Bonchev–Trinajstić information content (AvgIpc) is 1.61. The molecule has 0 aliphatic rings. The van der Waals surface area contributed by atoms with E-state index < -0.39 is 0 Å². The fourth-order valence-corrected chi connectivity index (χ4v) is 0.608. The van der Waals surface area contributed by atoms with Crippen LogP contribution in [0.2, 0.25) is 0 Å². The van der Waals surface area contributed by atoms with E-state index in [-0.39, 0.29) is 0 Å². The van der Waals surface area contributed by atoms with Gasteiger partial charge in [0.25, 0.3) is 0 Å². The van der Waals surface area contributed by atoms with E-state index in [9.17, 15) is 0 Å². The quantitative estimate of drug-likeness (QED) is 0.679. The van der Waals surface area contributed by atoms with Gasteiger partial charge in [-0.1, -0.05) is 0 Å². The molecule has 0 atom stereocenters. The third-order valence-electron chi connectivity index (χ3n) is 0.679. The molecule has 0 unspecified atom stereocenters. The molecule has 0 rings (SSSR count). The van der Waals surface area contributed by atoms with Crippen LogP contribution in [-0.2, 0) is 21.1 Å². The standard InChI is InChI=1S/C6H11.Au/c1-4-5-6(2)3;/h1,4,6H,5H2,2-3H3;. The summed E-state index contributed by atoms with van der Waals surface area (Å²) >= 11 is 2.40. The van der Waals surface area contributed by atoms with E-state index in [1.807, 2.05) is 4.29 Å². The Morgan fingerprint density at radius 3 is 2.29 bits per heavy atom. The molecule has 0 nitrogen and oxygen atoms in total. The molecule has 0 saturated heterocycles. The van der Waals surface area contributed by atoms with Crippen molar-refractivity contribution in [3.63, 3.8) is 0 Å². The van der Waals surface area contributed by atoms with Crippen LogP contribution in [0.3, 0.4) is 0 Å². The van der Waals surface area contributed by atoms with Gasteiger partial charge < -0.3 is 0 Å². The van der Waals surface area contributed by atoms with Crippen molar-refractivity contribution < 1.29 is 21.1 Å². The van der Waals surface area contributed by atoms with Gasteiger partial charge in [0.1, 0.15) is 0 Å². The molecule has 0 aliphatic carbocycles. The van der Waals surface area contributed by atoms with Crippen molar-refractivity contribution in [1.29, 1.82) is 0 Å². The minimum absolute atomic E-state index is 0.807. The zero-order valence-corrected chi connectivity index (χ0v) is 6.91. The van der Waals surface area contributed by atoms with Crippen LogP contribution < -0.4 is 0 Å². The van der Waals surface area contributed by atoms with E-state index in [2.05, 4.69) is 41.0 Å². The molecular formula is C6H11Au. The first-order valence-electron chi connectivity index (χ1n) is 2.48. The van der Waals surface area contributed by atoms with Crippen molar-refractivity contribution in [2.24, 2.45) is 5.92 Å². The van der Waals surface area contributed by atoms with Crippen LogP contribution in [0, 0.1) is 5.92 Å². The van der Waals surface area contributed by atoms with Crippen LogP contribution in [0.25, 0.3) is 0 Å². The molecule has 7 heavy (non-hydrogen) atoms. The van der Waals surface area contributed by atoms with Gasteiger partial charge in [0.15, 0.2) is 0 Å². The van der Waals surface area contributed by atoms with Crippen LogP contribution in [-0.4, -0.2) is 0 Å². The van der Waals surface area contributed by atoms with Gasteiger partial charge in [0.05, 0.1) is 0 Å². The van der Waals surface area contributed by atoms with Crippen molar-refractivity contribution in [2.75, 3.05) is 0 Å². The number of hydrogen-bond acceptors (Lipinski definition) is 0. The second kappa shape index (κ2) is 4.63. The normalized spacial score (nSPS) is 11.6. The molecule has 0 N–H and O–H groups in total. The topological polar surface area (TPSA) is 0 Å². The first-order valence-corrected chi connectivity index (χ1v) is 3.73. The number of hydrogen-bond donors (Lipinski definition) is 0. The van der Waals surface area contributed by atoms with Crippen molar-refractivity contribution in [2.45, 2.75) is 20.3 Å².